The Morgan fingerprint density at radius 1 is 0.906 bits per heavy atom. The molecule has 0 aliphatic heterocycles. The predicted octanol–water partition coefficient (Wildman–Crippen LogP) is 2.97. The number of rotatable bonds is 3. The number of benzene rings is 2. The van der Waals surface area contributed by atoms with Crippen LogP contribution in [0.1, 0.15) is 5.56 Å². The first kappa shape index (κ1) is 28.1. The van der Waals surface area contributed by atoms with Crippen LogP contribution in [-0.2, 0) is 30.3 Å². The van der Waals surface area contributed by atoms with Crippen molar-refractivity contribution in [3.05, 3.63) is 58.7 Å². The minimum Gasteiger partial charge on any atom is -0.497 e. The maximum absolute atomic E-state index is 12.9. The normalized spacial score (nSPS) is 11.7. The first-order valence-electron chi connectivity index (χ1n) is 8.46. The largest absolute Gasteiger partial charge is 0.497 e. The van der Waals surface area contributed by atoms with Crippen molar-refractivity contribution < 1.29 is 39.1 Å². The summed E-state index contributed by atoms with van der Waals surface area (Å²) < 4.78 is 84.7. The lowest BCUT2D eigenvalue weighted by Gasteiger charge is -2.09. The standard InChI is InChI=1S/C16H14BrNO3S.2CH4O3S/c1-11-10-18(15-8-7-12(21-2)9-13(11)15)22(19,20)16-6-4-3-5-14(16)17;2*1-5(2,3)4/h3-10H,1-2H3;2*1H3,(H,2,3,4). The van der Waals surface area contributed by atoms with Crippen molar-refractivity contribution in [1.29, 1.82) is 0 Å². The van der Waals surface area contributed by atoms with E-state index in [0.29, 0.717) is 28.3 Å². The topological polar surface area (TPSA) is 157 Å². The van der Waals surface area contributed by atoms with Crippen molar-refractivity contribution in [3.63, 3.8) is 0 Å². The van der Waals surface area contributed by atoms with Gasteiger partial charge in [-0.15, -0.1) is 0 Å². The maximum atomic E-state index is 12.9. The van der Waals surface area contributed by atoms with Gasteiger partial charge in [0.25, 0.3) is 30.3 Å². The van der Waals surface area contributed by atoms with E-state index in [1.165, 1.54) is 3.97 Å². The van der Waals surface area contributed by atoms with Crippen LogP contribution in [0.3, 0.4) is 0 Å². The van der Waals surface area contributed by atoms with Crippen LogP contribution in [0.5, 0.6) is 5.75 Å². The fraction of sp³-hybridized carbons (Fsp3) is 0.222. The Bertz CT molecular complexity index is 1370. The summed E-state index contributed by atoms with van der Waals surface area (Å²) in [6.07, 6.45) is 3.07. The van der Waals surface area contributed by atoms with E-state index in [2.05, 4.69) is 15.9 Å². The Morgan fingerprint density at radius 3 is 1.88 bits per heavy atom. The minimum absolute atomic E-state index is 0.239. The average Bonchev–Trinajstić information content (AvgIpc) is 2.96. The lowest BCUT2D eigenvalue weighted by molar-refractivity contribution is 0.415. The summed E-state index contributed by atoms with van der Waals surface area (Å²) in [7, 11) is -9.41. The third-order valence-corrected chi connectivity index (χ3v) is 6.24. The number of aryl methyl sites for hydroxylation is 1. The first-order chi connectivity index (χ1) is 14.4. The molecule has 178 valence electrons. The van der Waals surface area contributed by atoms with Crippen LogP contribution in [0.2, 0.25) is 0 Å². The molecule has 0 aliphatic rings. The molecule has 0 amide bonds. The summed E-state index contributed by atoms with van der Waals surface area (Å²) in [6, 6.07) is 12.2. The summed E-state index contributed by atoms with van der Waals surface area (Å²) in [6.45, 7) is 1.88. The van der Waals surface area contributed by atoms with E-state index >= 15 is 0 Å². The van der Waals surface area contributed by atoms with E-state index in [0.717, 1.165) is 10.9 Å². The van der Waals surface area contributed by atoms with Crippen molar-refractivity contribution in [2.24, 2.45) is 0 Å². The van der Waals surface area contributed by atoms with Gasteiger partial charge >= 0.3 is 0 Å². The molecular weight excluding hydrogens is 550 g/mol. The SMILES string of the molecule is COc1ccc2c(c1)c(C)cn2S(=O)(=O)c1ccccc1Br.CS(=O)(=O)O.CS(=O)(=O)O. The maximum Gasteiger partial charge on any atom is 0.269 e. The molecular formula is C18H22BrNO9S3. The number of aromatic nitrogens is 1. The van der Waals surface area contributed by atoms with Gasteiger partial charge in [-0.2, -0.15) is 16.8 Å². The molecule has 0 spiro atoms. The van der Waals surface area contributed by atoms with E-state index in [1.54, 1.807) is 49.7 Å². The zero-order valence-electron chi connectivity index (χ0n) is 17.4. The van der Waals surface area contributed by atoms with Gasteiger partial charge in [0.1, 0.15) is 10.6 Å². The first-order valence-corrected chi connectivity index (χ1v) is 14.4. The van der Waals surface area contributed by atoms with E-state index in [9.17, 15) is 25.3 Å². The molecule has 32 heavy (non-hydrogen) atoms. The molecule has 3 rings (SSSR count). The van der Waals surface area contributed by atoms with E-state index < -0.39 is 30.3 Å². The highest BCUT2D eigenvalue weighted by Gasteiger charge is 2.22. The van der Waals surface area contributed by atoms with Crippen LogP contribution in [0.4, 0.5) is 0 Å². The average molecular weight is 572 g/mol. The van der Waals surface area contributed by atoms with Gasteiger partial charge < -0.3 is 4.74 Å². The molecule has 0 radical (unpaired) electrons. The summed E-state index contributed by atoms with van der Waals surface area (Å²) >= 11 is 3.31. The molecule has 10 nitrogen and oxygen atoms in total. The number of ether oxygens (including phenoxy) is 1. The molecule has 1 aromatic heterocycles. The third-order valence-electron chi connectivity index (χ3n) is 3.55. The van der Waals surface area contributed by atoms with Crippen LogP contribution in [0.25, 0.3) is 10.9 Å². The highest BCUT2D eigenvalue weighted by Crippen LogP contribution is 2.30. The van der Waals surface area contributed by atoms with Gasteiger partial charge in [0.2, 0.25) is 0 Å². The van der Waals surface area contributed by atoms with Gasteiger partial charge in [-0.3, -0.25) is 9.11 Å². The van der Waals surface area contributed by atoms with Crippen molar-refractivity contribution in [2.75, 3.05) is 19.6 Å². The lowest BCUT2D eigenvalue weighted by atomic mass is 10.2. The van der Waals surface area contributed by atoms with E-state index in [-0.39, 0.29) is 4.90 Å². The number of methoxy groups -OCH3 is 1. The molecule has 0 atom stereocenters. The summed E-state index contributed by atoms with van der Waals surface area (Å²) in [4.78, 5) is 0.239. The Balaban J connectivity index is 0.000000431. The Kier molecular flexibility index (Phi) is 9.44. The van der Waals surface area contributed by atoms with Gasteiger partial charge in [0, 0.05) is 16.1 Å². The van der Waals surface area contributed by atoms with Crippen molar-refractivity contribution in [1.82, 2.24) is 3.97 Å². The monoisotopic (exact) mass is 571 g/mol. The highest BCUT2D eigenvalue weighted by atomic mass is 79.9. The molecule has 1 heterocycles. The molecule has 0 aliphatic carbocycles. The van der Waals surface area contributed by atoms with Crippen LogP contribution in [0, 0.1) is 6.92 Å². The zero-order chi connectivity index (χ0) is 24.9. The third kappa shape index (κ3) is 8.88. The number of nitrogens with zero attached hydrogens (tertiary/aromatic N) is 1. The summed E-state index contributed by atoms with van der Waals surface area (Å²) in [5, 5.41) is 0.856. The van der Waals surface area contributed by atoms with Crippen LogP contribution < -0.4 is 4.74 Å². The molecule has 0 fully saturated rings. The minimum atomic E-state index is -3.67. The second kappa shape index (κ2) is 10.8. The van der Waals surface area contributed by atoms with Crippen molar-refractivity contribution >= 4 is 57.1 Å². The van der Waals surface area contributed by atoms with E-state index in [1.807, 2.05) is 13.0 Å². The van der Waals surface area contributed by atoms with Crippen LogP contribution >= 0.6 is 15.9 Å². The number of hydrogen-bond acceptors (Lipinski definition) is 7. The van der Waals surface area contributed by atoms with Gasteiger partial charge in [-0.25, -0.2) is 12.4 Å². The molecule has 2 aromatic carbocycles. The quantitative estimate of drug-likeness (QED) is 0.450. The molecule has 0 bridgehead atoms. The number of hydrogen-bond donors (Lipinski definition) is 2. The second-order valence-electron chi connectivity index (χ2n) is 6.39. The molecule has 2 N–H and O–H groups in total. The van der Waals surface area contributed by atoms with Crippen LogP contribution in [-0.4, -0.2) is 58.0 Å². The Labute approximate surface area is 195 Å². The molecule has 0 saturated heterocycles. The molecule has 3 aromatic rings. The summed E-state index contributed by atoms with van der Waals surface area (Å²) in [5.74, 6) is 0.701. The van der Waals surface area contributed by atoms with Gasteiger partial charge in [0.15, 0.2) is 0 Å². The Morgan fingerprint density at radius 2 is 1.41 bits per heavy atom. The van der Waals surface area contributed by atoms with Crippen molar-refractivity contribution in [2.45, 2.75) is 11.8 Å². The smallest absolute Gasteiger partial charge is 0.269 e. The molecule has 0 unspecified atom stereocenters. The Hall–Kier alpha value is -1.97. The zero-order valence-corrected chi connectivity index (χ0v) is 21.5. The molecule has 0 saturated carbocycles. The predicted molar refractivity (Wildman–Crippen MR) is 125 cm³/mol. The van der Waals surface area contributed by atoms with Crippen molar-refractivity contribution in [3.8, 4) is 5.75 Å². The van der Waals surface area contributed by atoms with Gasteiger partial charge in [-0.05, 0) is 58.7 Å². The van der Waals surface area contributed by atoms with Crippen LogP contribution in [0.15, 0.2) is 58.0 Å². The number of halogens is 1. The fourth-order valence-electron chi connectivity index (χ4n) is 2.42. The van der Waals surface area contributed by atoms with E-state index in [4.69, 9.17) is 13.8 Å². The number of fused-ring (bicyclic) bond motifs is 1. The summed E-state index contributed by atoms with van der Waals surface area (Å²) in [5.41, 5.74) is 1.51. The van der Waals surface area contributed by atoms with Gasteiger partial charge in [-0.1, -0.05) is 12.1 Å². The second-order valence-corrected chi connectivity index (χ2v) is 12.0. The molecule has 14 heteroatoms. The lowest BCUT2D eigenvalue weighted by Crippen LogP contribution is -2.12. The fourth-order valence-corrected chi connectivity index (χ4v) is 4.81. The van der Waals surface area contributed by atoms with Gasteiger partial charge in [0.05, 0.1) is 25.1 Å². The highest BCUT2D eigenvalue weighted by molar-refractivity contribution is 9.10.